The van der Waals surface area contributed by atoms with E-state index < -0.39 is 17.2 Å². The van der Waals surface area contributed by atoms with Gasteiger partial charge in [0.1, 0.15) is 30.6 Å². The van der Waals surface area contributed by atoms with Crippen LogP contribution in [0.2, 0.25) is 10.0 Å². The molecule has 0 aliphatic carbocycles. The van der Waals surface area contributed by atoms with Crippen molar-refractivity contribution in [2.75, 3.05) is 48.7 Å². The molecule has 7 aromatic rings. The molecule has 1 aliphatic heterocycles. The number of nitrogens with two attached hydrogens (primary N) is 1. The number of ether oxygens (including phenoxy) is 4. The summed E-state index contributed by atoms with van der Waals surface area (Å²) in [5.41, 5.74) is 14.7. The molecule has 0 unspecified atom stereocenters. The number of rotatable bonds is 13. The first-order valence-corrected chi connectivity index (χ1v) is 30.1. The van der Waals surface area contributed by atoms with Crippen molar-refractivity contribution in [3.63, 3.8) is 0 Å². The summed E-state index contributed by atoms with van der Waals surface area (Å²) in [6.07, 6.45) is 13.6. The number of aromatic nitrogens is 10. The van der Waals surface area contributed by atoms with Crippen molar-refractivity contribution in [3.8, 4) is 33.8 Å². The van der Waals surface area contributed by atoms with Crippen LogP contribution in [0.15, 0.2) is 70.7 Å². The molecule has 8 rings (SSSR count). The number of aliphatic hydroxyl groups is 3. The van der Waals surface area contributed by atoms with Crippen molar-refractivity contribution in [1.29, 1.82) is 0 Å². The molecule has 93 heavy (non-hydrogen) atoms. The molecule has 25 nitrogen and oxygen atoms in total. The van der Waals surface area contributed by atoms with E-state index in [1.165, 1.54) is 46.4 Å². The zero-order valence-corrected chi connectivity index (χ0v) is 62.2. The van der Waals surface area contributed by atoms with E-state index in [2.05, 4.69) is 47.9 Å². The zero-order chi connectivity index (χ0) is 69.1. The van der Waals surface area contributed by atoms with Crippen LogP contribution < -0.4 is 35.3 Å². The number of halogens is 3. The largest absolute Gasteiger partial charge is 1.00 e. The van der Waals surface area contributed by atoms with Crippen LogP contribution >= 0.6 is 39.1 Å². The SMILES string of the molecule is C.C1CCOC1.CC(C)(O)C(C)(C)O.CCc1c(-c2c(Cl)cnn2C)cc(C(=O)O)n1C.CCc1c(-c2c(Cl)cnn2C)cc(C(=O)OC)n1C.CCc1c(-c2ccnn2C)cc(C(=O)OC)n1C.CCc1c(Br)cc(C(=O)OC)n1C.CO.[B]C(C=CN)=NC.[Na+].[OH-]. The van der Waals surface area contributed by atoms with Crippen LogP contribution in [0.25, 0.3) is 33.8 Å². The van der Waals surface area contributed by atoms with Crippen LogP contribution in [-0.2, 0) is 94.0 Å². The second kappa shape index (κ2) is 43.7. The predicted molar refractivity (Wildman–Crippen MR) is 366 cm³/mol. The molecule has 0 atom stereocenters. The first-order valence-electron chi connectivity index (χ1n) is 28.5. The maximum Gasteiger partial charge on any atom is 1.00 e. The Kier molecular flexibility index (Phi) is 42.7. The van der Waals surface area contributed by atoms with E-state index in [1.54, 1.807) is 104 Å². The summed E-state index contributed by atoms with van der Waals surface area (Å²) in [4.78, 5) is 49.5. The van der Waals surface area contributed by atoms with Crippen molar-refractivity contribution >= 4 is 76.5 Å². The number of aryl methyl sites for hydroxylation is 3. The van der Waals surface area contributed by atoms with E-state index in [-0.39, 0.29) is 66.1 Å². The molecule has 0 bridgehead atoms. The minimum Gasteiger partial charge on any atom is -0.870 e. The number of hydrogen-bond acceptors (Lipinski definition) is 17. The predicted octanol–water partition coefficient (Wildman–Crippen LogP) is 6.73. The van der Waals surface area contributed by atoms with Crippen molar-refractivity contribution in [1.82, 2.24) is 47.6 Å². The second-order valence-electron chi connectivity index (χ2n) is 20.6. The maximum absolute atomic E-state index is 11.8. The van der Waals surface area contributed by atoms with Crippen LogP contribution in [0.1, 0.15) is 140 Å². The first kappa shape index (κ1) is 91.0. The normalized spacial score (nSPS) is 11.4. The summed E-state index contributed by atoms with van der Waals surface area (Å²) >= 11 is 15.7. The summed E-state index contributed by atoms with van der Waals surface area (Å²) in [7, 11) is 24.8. The molecule has 1 aliphatic rings. The van der Waals surface area contributed by atoms with Gasteiger partial charge in [0.2, 0.25) is 0 Å². The van der Waals surface area contributed by atoms with E-state index in [4.69, 9.17) is 71.4 Å². The number of aliphatic hydroxyl groups excluding tert-OH is 1. The topological polar surface area (TPSA) is 328 Å². The molecule has 1 fully saturated rings. The van der Waals surface area contributed by atoms with E-state index in [9.17, 15) is 19.2 Å². The minimum absolute atomic E-state index is 0. The number of aromatic carboxylic acids is 1. The smallest absolute Gasteiger partial charge is 0.870 e. The van der Waals surface area contributed by atoms with Gasteiger partial charge in [0.15, 0.2) is 0 Å². The van der Waals surface area contributed by atoms with Gasteiger partial charge >= 0.3 is 53.4 Å². The number of allylic oxidation sites excluding steroid dienone is 1. The Hall–Kier alpha value is -6.24. The molecule has 0 amide bonds. The number of esters is 3. The Balaban J connectivity index is -0.00000104. The fourth-order valence-corrected chi connectivity index (χ4v) is 10.0. The minimum atomic E-state index is -1.01. The van der Waals surface area contributed by atoms with Crippen LogP contribution in [0, 0.1) is 0 Å². The van der Waals surface area contributed by atoms with Crippen LogP contribution in [0.5, 0.6) is 0 Å². The first-order chi connectivity index (χ1) is 42.2. The molecule has 30 heteroatoms. The Morgan fingerprint density at radius 1 is 0.656 bits per heavy atom. The third-order valence-corrected chi connectivity index (χ3v) is 15.6. The summed E-state index contributed by atoms with van der Waals surface area (Å²) in [5, 5.41) is 47.8. The Labute approximate surface area is 590 Å². The van der Waals surface area contributed by atoms with Gasteiger partial charge in [-0.25, -0.2) is 19.2 Å². The van der Waals surface area contributed by atoms with Crippen molar-refractivity contribution in [2.45, 2.75) is 113 Å². The van der Waals surface area contributed by atoms with Crippen LogP contribution in [-0.4, -0.2) is 171 Å². The Morgan fingerprint density at radius 3 is 1.26 bits per heavy atom. The van der Waals surface area contributed by atoms with E-state index >= 15 is 0 Å². The van der Waals surface area contributed by atoms with E-state index in [0.29, 0.717) is 32.7 Å². The van der Waals surface area contributed by atoms with Crippen LogP contribution in [0.3, 0.4) is 0 Å². The van der Waals surface area contributed by atoms with Gasteiger partial charge in [-0.2, -0.15) is 15.3 Å². The fraction of sp³-hybridized carbons (Fsp3) is 0.492. The number of methoxy groups -OCH3 is 3. The molecule has 0 saturated carbocycles. The summed E-state index contributed by atoms with van der Waals surface area (Å²) in [6.45, 7) is 16.4. The van der Waals surface area contributed by atoms with E-state index in [1.807, 2.05) is 81.8 Å². The standard InChI is InChI=1S/C13H16ClN3O2.C13H17N3O2.C12H14ClN3O2.C9H12BrNO2.C6H14O2.C4H7BN2.C4H8O.CH4O.CH4.Na.H2O/c1-5-10-8(12-9(14)7-15-17(12)3)6-11(16(10)2)13(18)19-4;1-5-10-9(11-6-7-14-16(11)3)8-12(15(10)2)13(17)18-4;1-4-9-7(5-10(12(17)18)15(9)2)11-8(13)6-14-16(11)3;1-4-7-6(10)5-8(11(7)2)9(12)13-3;1-5(2,7)6(3,4)8;1-7-4(5)2-3-6;1-2-4-5-3-1;1-2;;;/h6-7H,5H2,1-4H3;6-8H,5H2,1-4H3;5-6H,4H2,1-3H3,(H,17,18);5H,4H2,1-3H3;7-8H,1-4H3;2-3H,6H2,1H3;1-4H2;2H,1H3;1H4;;1H2/q;;;;;;;;;+1;/p-1. The Bertz CT molecular complexity index is 3430. The van der Waals surface area contributed by atoms with Crippen molar-refractivity contribution in [3.05, 3.63) is 121 Å². The third kappa shape index (κ3) is 25.1. The molecule has 1 saturated heterocycles. The summed E-state index contributed by atoms with van der Waals surface area (Å²) in [5.74, 6) is -1.93. The second-order valence-corrected chi connectivity index (χ2v) is 22.3. The zero-order valence-electron chi connectivity index (χ0n) is 57.1. The van der Waals surface area contributed by atoms with Crippen molar-refractivity contribution in [2.24, 2.45) is 60.1 Å². The summed E-state index contributed by atoms with van der Waals surface area (Å²) in [6, 6.07) is 9.03. The maximum atomic E-state index is 11.8. The van der Waals surface area contributed by atoms with Gasteiger partial charge in [0.25, 0.3) is 0 Å². The molecule has 7 N–H and O–H groups in total. The van der Waals surface area contributed by atoms with Gasteiger partial charge in [-0.05, 0) is 130 Å². The molecule has 0 aromatic carbocycles. The van der Waals surface area contributed by atoms with Gasteiger partial charge in [-0.1, -0.05) is 58.3 Å². The molecule has 8 heterocycles. The number of nitrogens with zero attached hydrogens (tertiary/aromatic N) is 11. The molecule has 512 valence electrons. The monoisotopic (exact) mass is 1410 g/mol. The van der Waals surface area contributed by atoms with Gasteiger partial charge in [-0.3, -0.25) is 14.0 Å². The fourth-order valence-electron chi connectivity index (χ4n) is 8.71. The quantitative estimate of drug-likeness (QED) is 0.0346. The van der Waals surface area contributed by atoms with Gasteiger partial charge in [-0.15, -0.1) is 0 Å². The van der Waals surface area contributed by atoms with Crippen molar-refractivity contribution < 1.29 is 93.6 Å². The van der Waals surface area contributed by atoms with Gasteiger partial charge < -0.3 is 73.8 Å². The van der Waals surface area contributed by atoms with E-state index in [0.717, 1.165) is 107 Å². The average Bonchev–Trinajstić information content (AvgIpc) is 1.66. The molecule has 7 aromatic heterocycles. The van der Waals surface area contributed by atoms with Gasteiger partial charge in [0.05, 0.1) is 72.1 Å². The number of carbonyl (C=O) groups excluding carboxylic acids is 3. The number of carboxylic acids is 1. The Morgan fingerprint density at radius 2 is 1.00 bits per heavy atom. The number of carbonyl (C=O) groups is 4. The van der Waals surface area contributed by atoms with Crippen LogP contribution in [0.4, 0.5) is 0 Å². The molecule has 0 spiro atoms. The summed E-state index contributed by atoms with van der Waals surface area (Å²) < 4.78 is 32.5. The molecular weight excluding hydrogens is 1320 g/mol. The number of hydrogen-bond donors (Lipinski definition) is 5. The number of aliphatic imine (C=N–C) groups is 1. The van der Waals surface area contributed by atoms with Gasteiger partial charge in [0, 0.05) is 127 Å². The third-order valence-electron chi connectivity index (χ3n) is 14.4. The molecule has 2 radical (unpaired) electrons. The average molecular weight is 1420 g/mol. The number of carboxylic acid groups (broad SMARTS) is 1. The molecular formula is C63H97BBrCl2N12NaO13.